The summed E-state index contributed by atoms with van der Waals surface area (Å²) in [4.78, 5) is 20.2. The molecule has 0 atom stereocenters. The van der Waals surface area contributed by atoms with E-state index in [2.05, 4.69) is 65.4 Å². The van der Waals surface area contributed by atoms with Crippen LogP contribution in [0.4, 0.5) is 5.82 Å². The highest BCUT2D eigenvalue weighted by molar-refractivity contribution is 6.00. The molecule has 4 aromatic rings. The molecular formula is C29H31N5O. The molecule has 178 valence electrons. The van der Waals surface area contributed by atoms with Crippen molar-refractivity contribution in [2.45, 2.75) is 39.3 Å². The number of benzene rings is 2. The molecule has 6 nitrogen and oxygen atoms in total. The normalized spacial score (nSPS) is 14.2. The summed E-state index contributed by atoms with van der Waals surface area (Å²) in [5, 5.41) is 8.11. The van der Waals surface area contributed by atoms with E-state index in [1.807, 2.05) is 47.4 Å². The molecule has 1 aliphatic rings. The average molecular weight is 466 g/mol. The van der Waals surface area contributed by atoms with Crippen molar-refractivity contribution in [3.8, 4) is 11.3 Å². The minimum Gasteiger partial charge on any atom is -0.356 e. The monoisotopic (exact) mass is 465 g/mol. The number of piperidine rings is 1. The number of anilines is 1. The molecule has 1 amide bonds. The maximum absolute atomic E-state index is 13.4. The summed E-state index contributed by atoms with van der Waals surface area (Å²) in [6.07, 6.45) is 5.48. The molecule has 0 radical (unpaired) electrons. The first-order valence-electron chi connectivity index (χ1n) is 12.2. The summed E-state index contributed by atoms with van der Waals surface area (Å²) >= 11 is 0. The molecule has 1 saturated heterocycles. The van der Waals surface area contributed by atoms with E-state index in [9.17, 15) is 4.79 Å². The van der Waals surface area contributed by atoms with Gasteiger partial charge in [0.05, 0.1) is 12.1 Å². The van der Waals surface area contributed by atoms with E-state index in [1.165, 1.54) is 11.1 Å². The quantitative estimate of drug-likeness (QED) is 0.435. The molecule has 2 aromatic heterocycles. The van der Waals surface area contributed by atoms with E-state index in [1.54, 1.807) is 0 Å². The van der Waals surface area contributed by atoms with Crippen molar-refractivity contribution in [2.24, 2.45) is 0 Å². The second-order valence-corrected chi connectivity index (χ2v) is 9.36. The van der Waals surface area contributed by atoms with Crippen molar-refractivity contribution in [1.29, 1.82) is 0 Å². The van der Waals surface area contributed by atoms with Gasteiger partial charge in [0.25, 0.3) is 5.91 Å². The van der Waals surface area contributed by atoms with Crippen molar-refractivity contribution in [2.75, 3.05) is 18.0 Å². The molecule has 6 heteroatoms. The highest BCUT2D eigenvalue weighted by Gasteiger charge is 2.24. The molecule has 0 saturated carbocycles. The summed E-state index contributed by atoms with van der Waals surface area (Å²) in [7, 11) is 0. The lowest BCUT2D eigenvalue weighted by Gasteiger charge is -2.33. The van der Waals surface area contributed by atoms with Crippen LogP contribution in [0, 0.1) is 13.8 Å². The number of hydrogen-bond acceptors (Lipinski definition) is 4. The molecule has 1 N–H and O–H groups in total. The van der Waals surface area contributed by atoms with Crippen molar-refractivity contribution in [3.63, 3.8) is 0 Å². The van der Waals surface area contributed by atoms with Gasteiger partial charge in [-0.1, -0.05) is 65.7 Å². The van der Waals surface area contributed by atoms with E-state index in [0.29, 0.717) is 12.1 Å². The van der Waals surface area contributed by atoms with Gasteiger partial charge >= 0.3 is 0 Å². The highest BCUT2D eigenvalue weighted by Crippen LogP contribution is 2.24. The number of aromatic nitrogens is 3. The Morgan fingerprint density at radius 1 is 0.943 bits per heavy atom. The number of aryl methyl sites for hydroxylation is 2. The molecule has 0 unspecified atom stereocenters. The Bertz CT molecular complexity index is 1270. The summed E-state index contributed by atoms with van der Waals surface area (Å²) in [6, 6.07) is 22.7. The van der Waals surface area contributed by atoms with Crippen LogP contribution in [-0.2, 0) is 6.54 Å². The molecule has 0 bridgehead atoms. The highest BCUT2D eigenvalue weighted by atomic mass is 16.1. The Morgan fingerprint density at radius 3 is 2.29 bits per heavy atom. The lowest BCUT2D eigenvalue weighted by molar-refractivity contribution is 0.0931. The van der Waals surface area contributed by atoms with Gasteiger partial charge in [0.2, 0.25) is 0 Å². The van der Waals surface area contributed by atoms with Crippen LogP contribution in [0.1, 0.15) is 39.9 Å². The zero-order valence-corrected chi connectivity index (χ0v) is 20.3. The number of nitrogens with zero attached hydrogens (tertiary/aromatic N) is 4. The maximum Gasteiger partial charge on any atom is 0.255 e. The van der Waals surface area contributed by atoms with Gasteiger partial charge < -0.3 is 10.2 Å². The van der Waals surface area contributed by atoms with E-state index in [-0.39, 0.29) is 11.9 Å². The Morgan fingerprint density at radius 2 is 1.63 bits per heavy atom. The number of carbonyl (C=O) groups is 1. The van der Waals surface area contributed by atoms with Crippen LogP contribution < -0.4 is 10.2 Å². The van der Waals surface area contributed by atoms with Gasteiger partial charge in [0.1, 0.15) is 11.5 Å². The minimum absolute atomic E-state index is 0.0629. The number of pyridine rings is 1. The Hall–Kier alpha value is -3.93. The fraction of sp³-hybridized carbons (Fsp3) is 0.276. The zero-order chi connectivity index (χ0) is 24.2. The molecule has 0 spiro atoms. The van der Waals surface area contributed by atoms with Crippen LogP contribution in [0.5, 0.6) is 0 Å². The second-order valence-electron chi connectivity index (χ2n) is 9.36. The maximum atomic E-state index is 13.4. The Kier molecular flexibility index (Phi) is 6.62. The fourth-order valence-electron chi connectivity index (χ4n) is 4.53. The van der Waals surface area contributed by atoms with Crippen LogP contribution in [0.3, 0.4) is 0 Å². The summed E-state index contributed by atoms with van der Waals surface area (Å²) in [5.74, 6) is 0.934. The summed E-state index contributed by atoms with van der Waals surface area (Å²) < 4.78 is 1.87. The molecular weight excluding hydrogens is 434 g/mol. The lowest BCUT2D eigenvalue weighted by atomic mass is 10.0. The largest absolute Gasteiger partial charge is 0.356 e. The predicted octanol–water partition coefficient (Wildman–Crippen LogP) is 5.01. The van der Waals surface area contributed by atoms with Gasteiger partial charge in [-0.15, -0.1) is 0 Å². The third kappa shape index (κ3) is 5.43. The van der Waals surface area contributed by atoms with Crippen LogP contribution in [-0.4, -0.2) is 39.8 Å². The van der Waals surface area contributed by atoms with Crippen LogP contribution in [0.2, 0.25) is 0 Å². The van der Waals surface area contributed by atoms with Crippen LogP contribution in [0.15, 0.2) is 79.1 Å². The van der Waals surface area contributed by atoms with Crippen molar-refractivity contribution >= 4 is 11.7 Å². The van der Waals surface area contributed by atoms with Crippen LogP contribution >= 0.6 is 0 Å². The molecule has 5 rings (SSSR count). The zero-order valence-electron chi connectivity index (χ0n) is 20.3. The molecule has 2 aromatic carbocycles. The molecule has 3 heterocycles. The number of carbonyl (C=O) groups excluding carboxylic acids is 1. The van der Waals surface area contributed by atoms with Gasteiger partial charge in [0.15, 0.2) is 0 Å². The fourth-order valence-corrected chi connectivity index (χ4v) is 4.53. The average Bonchev–Trinajstić information content (AvgIpc) is 3.31. The van der Waals surface area contributed by atoms with E-state index in [4.69, 9.17) is 5.10 Å². The SMILES string of the molecule is Cc1ccc(Cn2cc(C(=O)NC3CCN(c4ccccn4)CC3)c(-c3ccc(C)cc3)n2)cc1. The minimum atomic E-state index is -0.0629. The van der Waals surface area contributed by atoms with Gasteiger partial charge in [-0.2, -0.15) is 5.10 Å². The topological polar surface area (TPSA) is 63.1 Å². The smallest absolute Gasteiger partial charge is 0.255 e. The first-order valence-corrected chi connectivity index (χ1v) is 12.2. The lowest BCUT2D eigenvalue weighted by Crippen LogP contribution is -2.45. The van der Waals surface area contributed by atoms with Gasteiger partial charge in [-0.05, 0) is 44.4 Å². The third-order valence-corrected chi connectivity index (χ3v) is 6.60. The second kappa shape index (κ2) is 10.1. The number of amides is 1. The van der Waals surface area contributed by atoms with E-state index < -0.39 is 0 Å². The predicted molar refractivity (Wildman–Crippen MR) is 140 cm³/mol. The molecule has 1 fully saturated rings. The van der Waals surface area contributed by atoms with Gasteiger partial charge in [0, 0.05) is 37.1 Å². The van der Waals surface area contributed by atoms with Crippen molar-refractivity contribution < 1.29 is 4.79 Å². The number of rotatable bonds is 6. The summed E-state index contributed by atoms with van der Waals surface area (Å²) in [5.41, 5.74) is 5.85. The van der Waals surface area contributed by atoms with Crippen molar-refractivity contribution in [3.05, 3.63) is 101 Å². The third-order valence-electron chi connectivity index (χ3n) is 6.60. The van der Waals surface area contributed by atoms with Gasteiger partial charge in [-0.3, -0.25) is 9.48 Å². The molecule has 1 aliphatic heterocycles. The number of nitrogens with one attached hydrogen (secondary N) is 1. The molecule has 35 heavy (non-hydrogen) atoms. The molecule has 0 aliphatic carbocycles. The first kappa shape index (κ1) is 22.8. The first-order chi connectivity index (χ1) is 17.0. The van der Waals surface area contributed by atoms with Gasteiger partial charge in [-0.25, -0.2) is 4.98 Å². The number of hydrogen-bond donors (Lipinski definition) is 1. The standard InChI is InChI=1S/C29H31N5O/c1-21-6-10-23(11-7-21)19-34-20-26(28(32-34)24-12-8-22(2)9-13-24)29(35)31-25-14-17-33(18-15-25)27-5-3-4-16-30-27/h3-13,16,20,25H,14-15,17-19H2,1-2H3,(H,31,35). The van der Waals surface area contributed by atoms with Crippen LogP contribution in [0.25, 0.3) is 11.3 Å². The van der Waals surface area contributed by atoms with Crippen molar-refractivity contribution in [1.82, 2.24) is 20.1 Å². The Labute approximate surface area is 206 Å². The van der Waals surface area contributed by atoms with E-state index in [0.717, 1.165) is 48.6 Å². The Balaban J connectivity index is 1.33. The van der Waals surface area contributed by atoms with E-state index >= 15 is 0 Å². The summed E-state index contributed by atoms with van der Waals surface area (Å²) in [6.45, 7) is 6.51.